The fourth-order valence-electron chi connectivity index (χ4n) is 4.83. The summed E-state index contributed by atoms with van der Waals surface area (Å²) in [5.41, 5.74) is 2.33. The molecule has 8 nitrogen and oxygen atoms in total. The molecule has 0 N–H and O–H groups in total. The Bertz CT molecular complexity index is 1880. The van der Waals surface area contributed by atoms with Crippen LogP contribution in [0.2, 0.25) is 5.02 Å². The molecular formula is C33H28ClFN2O6S. The maximum absolute atomic E-state index is 13.8. The zero-order valence-corrected chi connectivity index (χ0v) is 25.7. The molecule has 1 aromatic heterocycles. The second-order valence-corrected chi connectivity index (χ2v) is 12.5. The Balaban J connectivity index is 1.49. The lowest BCUT2D eigenvalue weighted by Crippen LogP contribution is -2.30. The van der Waals surface area contributed by atoms with Gasteiger partial charge in [-0.3, -0.25) is 4.79 Å². The number of hydrogen-bond acceptors (Lipinski definition) is 7. The van der Waals surface area contributed by atoms with Crippen molar-refractivity contribution in [3.05, 3.63) is 135 Å². The number of esters is 1. The van der Waals surface area contributed by atoms with Crippen LogP contribution >= 0.6 is 11.6 Å². The number of carbonyl (C=O) groups excluding carboxylic acids is 2. The summed E-state index contributed by atoms with van der Waals surface area (Å²) in [5.74, 6) is -1.30. The molecule has 2 heterocycles. The lowest BCUT2D eigenvalue weighted by Gasteiger charge is -2.22. The Labute approximate surface area is 259 Å². The quantitative estimate of drug-likeness (QED) is 0.116. The van der Waals surface area contributed by atoms with E-state index in [1.807, 2.05) is 6.92 Å². The van der Waals surface area contributed by atoms with Crippen LogP contribution in [0.15, 0.2) is 111 Å². The van der Waals surface area contributed by atoms with Crippen molar-refractivity contribution >= 4 is 45.1 Å². The van der Waals surface area contributed by atoms with Crippen LogP contribution < -0.4 is 4.90 Å². The van der Waals surface area contributed by atoms with Gasteiger partial charge in [-0.25, -0.2) is 17.6 Å². The van der Waals surface area contributed by atoms with Crippen molar-refractivity contribution in [1.82, 2.24) is 4.31 Å². The van der Waals surface area contributed by atoms with Gasteiger partial charge in [0, 0.05) is 29.0 Å². The number of nitrogens with zero attached hydrogens (tertiary/aromatic N) is 2. The van der Waals surface area contributed by atoms with Crippen molar-refractivity contribution in [2.45, 2.75) is 31.8 Å². The van der Waals surface area contributed by atoms with E-state index in [1.54, 1.807) is 67.6 Å². The normalized spacial score (nSPS) is 14.6. The van der Waals surface area contributed by atoms with Gasteiger partial charge in [0.05, 0.1) is 24.2 Å². The molecule has 1 aliphatic heterocycles. The second-order valence-electron chi connectivity index (χ2n) is 10.1. The van der Waals surface area contributed by atoms with Crippen molar-refractivity contribution in [3.8, 4) is 0 Å². The number of methoxy groups -OCH3 is 1. The summed E-state index contributed by atoms with van der Waals surface area (Å²) >= 11 is 6.04. The van der Waals surface area contributed by atoms with Gasteiger partial charge in [0.15, 0.2) is 0 Å². The first-order valence-electron chi connectivity index (χ1n) is 13.5. The highest BCUT2D eigenvalue weighted by Crippen LogP contribution is 2.36. The number of hydrogen-bond donors (Lipinski definition) is 0. The number of sulfonamides is 1. The number of ether oxygens (including phenoxy) is 1. The van der Waals surface area contributed by atoms with Gasteiger partial charge < -0.3 is 14.1 Å². The topological polar surface area (TPSA) is 97.1 Å². The minimum atomic E-state index is -3.95. The average molecular weight is 635 g/mol. The first-order valence-corrected chi connectivity index (χ1v) is 15.3. The van der Waals surface area contributed by atoms with Crippen LogP contribution in [0.4, 0.5) is 10.1 Å². The van der Waals surface area contributed by atoms with Crippen LogP contribution in [-0.4, -0.2) is 31.6 Å². The molecule has 0 bridgehead atoms. The number of anilines is 1. The molecule has 226 valence electrons. The number of Topliss-reactive ketones (excluding diaryl/α,β-unsaturated/α-hetero) is 1. The maximum atomic E-state index is 13.8. The highest BCUT2D eigenvalue weighted by Gasteiger charge is 2.38. The number of allylic oxidation sites excluding steroid dienone is 2. The number of furan rings is 1. The van der Waals surface area contributed by atoms with Crippen LogP contribution in [0.25, 0.3) is 6.08 Å². The largest absolute Gasteiger partial charge is 0.465 e. The van der Waals surface area contributed by atoms with Gasteiger partial charge in [-0.2, -0.15) is 4.31 Å². The van der Waals surface area contributed by atoms with Gasteiger partial charge in [-0.15, -0.1) is 0 Å². The van der Waals surface area contributed by atoms with Crippen LogP contribution in [0.3, 0.4) is 0 Å². The molecule has 44 heavy (non-hydrogen) atoms. The molecule has 4 aromatic rings. The number of aryl methyl sites for hydroxylation is 1. The van der Waals surface area contributed by atoms with Crippen LogP contribution in [0.5, 0.6) is 0 Å². The molecule has 0 unspecified atom stereocenters. The van der Waals surface area contributed by atoms with E-state index in [0.717, 1.165) is 11.1 Å². The zero-order chi connectivity index (χ0) is 31.6. The molecule has 0 radical (unpaired) electrons. The summed E-state index contributed by atoms with van der Waals surface area (Å²) in [6.45, 7) is 3.40. The smallest absolute Gasteiger partial charge is 0.343 e. The number of rotatable bonds is 9. The van der Waals surface area contributed by atoms with E-state index in [9.17, 15) is 22.4 Å². The van der Waals surface area contributed by atoms with E-state index in [4.69, 9.17) is 20.8 Å². The number of carbonyl (C=O) groups is 2. The van der Waals surface area contributed by atoms with Gasteiger partial charge >= 0.3 is 5.97 Å². The molecule has 0 spiro atoms. The van der Waals surface area contributed by atoms with Crippen LogP contribution in [0, 0.1) is 12.7 Å². The summed E-state index contributed by atoms with van der Waals surface area (Å²) in [4.78, 5) is 27.5. The molecule has 5 rings (SSSR count). The molecule has 1 aliphatic rings. The first-order chi connectivity index (χ1) is 21.0. The Morgan fingerprint density at radius 2 is 1.61 bits per heavy atom. The Morgan fingerprint density at radius 3 is 2.25 bits per heavy atom. The monoisotopic (exact) mass is 634 g/mol. The Morgan fingerprint density at radius 1 is 0.955 bits per heavy atom. The Hall–Kier alpha value is -4.51. The Kier molecular flexibility index (Phi) is 8.87. The highest BCUT2D eigenvalue weighted by atomic mass is 35.5. The van der Waals surface area contributed by atoms with Gasteiger partial charge in [0.2, 0.25) is 15.8 Å². The summed E-state index contributed by atoms with van der Waals surface area (Å²) in [6.07, 6.45) is 1.45. The van der Waals surface area contributed by atoms with Gasteiger partial charge in [0.25, 0.3) is 0 Å². The van der Waals surface area contributed by atoms with Gasteiger partial charge in [0.1, 0.15) is 22.9 Å². The summed E-state index contributed by atoms with van der Waals surface area (Å²) in [5, 5.41) is 0.529. The third kappa shape index (κ3) is 6.37. The van der Waals surface area contributed by atoms with E-state index in [-0.39, 0.29) is 35.0 Å². The second kappa shape index (κ2) is 12.6. The zero-order valence-electron chi connectivity index (χ0n) is 24.1. The predicted octanol–water partition coefficient (Wildman–Crippen LogP) is 6.65. The fourth-order valence-corrected chi connectivity index (χ4v) is 6.35. The van der Waals surface area contributed by atoms with E-state index in [0.29, 0.717) is 22.2 Å². The molecular weight excluding hydrogens is 607 g/mol. The minimum absolute atomic E-state index is 0.0485. The van der Waals surface area contributed by atoms with Gasteiger partial charge in [-0.1, -0.05) is 41.4 Å². The lowest BCUT2D eigenvalue weighted by molar-refractivity contribution is -0.137. The molecule has 0 saturated carbocycles. The molecule has 0 saturated heterocycles. The summed E-state index contributed by atoms with van der Waals surface area (Å²) in [6, 6.07) is 22.1. The molecule has 11 heteroatoms. The van der Waals surface area contributed by atoms with E-state index >= 15 is 0 Å². The number of halogens is 2. The number of ketones is 1. The molecule has 3 aromatic carbocycles. The molecule has 0 atom stereocenters. The van der Waals surface area contributed by atoms with Crippen molar-refractivity contribution < 1.29 is 31.6 Å². The highest BCUT2D eigenvalue weighted by molar-refractivity contribution is 7.89. The van der Waals surface area contributed by atoms with Crippen molar-refractivity contribution in [2.75, 3.05) is 12.0 Å². The van der Waals surface area contributed by atoms with Crippen molar-refractivity contribution in [2.24, 2.45) is 0 Å². The standard InChI is InChI=1S/C33H28ClFN2O6S/c1-21-4-16-29(17-5-21)44(40,41)36(19-23-6-8-24(34)9-7-23)20-28-15-14-27(43-28)18-30-32(38)31(33(39)42-3)22(2)37(30)26-12-10-25(35)11-13-26/h4-18H,19-20H2,1-3H3/b30-18+. The first kappa shape index (κ1) is 30.9. The molecule has 0 amide bonds. The van der Waals surface area contributed by atoms with Crippen LogP contribution in [-0.2, 0) is 37.4 Å². The van der Waals surface area contributed by atoms with Crippen molar-refractivity contribution in [1.29, 1.82) is 0 Å². The maximum Gasteiger partial charge on any atom is 0.343 e. The predicted molar refractivity (Wildman–Crippen MR) is 164 cm³/mol. The number of benzene rings is 3. The van der Waals surface area contributed by atoms with Crippen molar-refractivity contribution in [3.63, 3.8) is 0 Å². The SMILES string of the molecule is COC(=O)C1=C(C)N(c2ccc(F)cc2)/C(=C/c2ccc(CN(Cc3ccc(Cl)cc3)S(=O)(=O)c3ccc(C)cc3)o2)C1=O. The van der Waals surface area contributed by atoms with Crippen LogP contribution in [0.1, 0.15) is 29.6 Å². The van der Waals surface area contributed by atoms with E-state index in [2.05, 4.69) is 0 Å². The average Bonchev–Trinajstić information content (AvgIpc) is 3.54. The van der Waals surface area contributed by atoms with E-state index < -0.39 is 27.6 Å². The van der Waals surface area contributed by atoms with Gasteiger partial charge in [-0.05, 0) is 80.1 Å². The van der Waals surface area contributed by atoms with E-state index in [1.165, 1.54) is 46.7 Å². The lowest BCUT2D eigenvalue weighted by atomic mass is 10.1. The molecule has 0 aliphatic carbocycles. The third-order valence-corrected chi connectivity index (χ3v) is 9.15. The summed E-state index contributed by atoms with van der Waals surface area (Å²) < 4.78 is 53.3. The summed E-state index contributed by atoms with van der Waals surface area (Å²) in [7, 11) is -2.77. The third-order valence-electron chi connectivity index (χ3n) is 7.10. The fraction of sp³-hybridized carbons (Fsp3) is 0.152. The minimum Gasteiger partial charge on any atom is -0.465 e. The molecule has 0 fully saturated rings.